The molecule has 0 bridgehead atoms. The zero-order chi connectivity index (χ0) is 38.4. The highest BCUT2D eigenvalue weighted by atomic mass is 31.2. The van der Waals surface area contributed by atoms with E-state index >= 15 is 0 Å². The molecule has 0 saturated heterocycles. The number of carbonyl (C=O) groups excluding carboxylic acids is 2. The Bertz CT molecular complexity index is 1010. The highest BCUT2D eigenvalue weighted by Crippen LogP contribution is 2.43. The fourth-order valence-corrected chi connectivity index (χ4v) is 5.89. The fourth-order valence-electron chi connectivity index (χ4n) is 5.10. The van der Waals surface area contributed by atoms with E-state index in [0.29, 0.717) is 19.3 Å². The van der Waals surface area contributed by atoms with E-state index in [0.717, 1.165) is 38.5 Å². The molecule has 0 aliphatic heterocycles. The van der Waals surface area contributed by atoms with Crippen molar-refractivity contribution in [3.8, 4) is 0 Å². The molecule has 0 aromatic carbocycles. The SMILES string of the molecule is CCCCCCCCC/C=C/C/C=C/C/C=C/C/C=C/CCCC(=O)OC[C@@H](COP(=O)(O)OC[C@H](O)CO)OC(=O)CCCCCCCCCC. The molecule has 10 nitrogen and oxygen atoms in total. The van der Waals surface area contributed by atoms with Gasteiger partial charge in [-0.1, -0.05) is 146 Å². The number of phosphoric ester groups is 1. The summed E-state index contributed by atoms with van der Waals surface area (Å²) in [6.45, 7) is 2.26. The van der Waals surface area contributed by atoms with E-state index in [1.54, 1.807) is 0 Å². The first-order valence-corrected chi connectivity index (χ1v) is 21.6. The Hall–Kier alpha value is -2.07. The molecule has 0 amide bonds. The lowest BCUT2D eigenvalue weighted by atomic mass is 10.1. The zero-order valence-electron chi connectivity index (χ0n) is 32.5. The standard InChI is InChI=1S/C41H73O10P/c1-3-5-7-9-11-13-14-15-16-17-18-19-20-21-22-23-24-25-27-28-30-32-40(44)48-36-39(37-50-52(46,47)49-35-38(43)34-42)51-41(45)33-31-29-26-12-10-8-6-4-2/h16-17,19-20,22-23,25,27,38-39,42-43H,3-15,18,21,24,26,28-37H2,1-2H3,(H,46,47)/b17-16+,20-19+,23-22+,27-25+/t38-,39+/m1/s1. The summed E-state index contributed by atoms with van der Waals surface area (Å²) in [5, 5.41) is 18.2. The maximum atomic E-state index is 12.5. The molecule has 52 heavy (non-hydrogen) atoms. The van der Waals surface area contributed by atoms with E-state index in [1.165, 1.54) is 77.0 Å². The number of aliphatic hydroxyl groups is 2. The summed E-state index contributed by atoms with van der Waals surface area (Å²) in [5.74, 6) is -0.997. The van der Waals surface area contributed by atoms with Crippen LogP contribution in [-0.2, 0) is 32.7 Å². The van der Waals surface area contributed by atoms with Gasteiger partial charge in [0.25, 0.3) is 0 Å². The van der Waals surface area contributed by atoms with Crippen LogP contribution in [0.15, 0.2) is 48.6 Å². The third kappa shape index (κ3) is 36.3. The molecule has 0 fully saturated rings. The van der Waals surface area contributed by atoms with Crippen molar-refractivity contribution in [1.29, 1.82) is 0 Å². The highest BCUT2D eigenvalue weighted by Gasteiger charge is 2.27. The molecule has 0 spiro atoms. The van der Waals surface area contributed by atoms with Crippen molar-refractivity contribution in [2.24, 2.45) is 0 Å². The van der Waals surface area contributed by atoms with Crippen LogP contribution in [0.1, 0.15) is 162 Å². The molecule has 1 unspecified atom stereocenters. The van der Waals surface area contributed by atoms with Crippen molar-refractivity contribution in [3.05, 3.63) is 48.6 Å². The number of allylic oxidation sites excluding steroid dienone is 8. The number of rotatable bonds is 37. The largest absolute Gasteiger partial charge is 0.472 e. The Labute approximate surface area is 315 Å². The normalized spacial score (nSPS) is 14.5. The van der Waals surface area contributed by atoms with Crippen LogP contribution in [0.25, 0.3) is 0 Å². The molecule has 11 heteroatoms. The molecular formula is C41H73O10P. The van der Waals surface area contributed by atoms with Crippen LogP contribution in [0.3, 0.4) is 0 Å². The maximum absolute atomic E-state index is 12.5. The molecule has 0 radical (unpaired) electrons. The second kappa shape index (κ2) is 37.3. The minimum atomic E-state index is -4.62. The van der Waals surface area contributed by atoms with Crippen molar-refractivity contribution in [3.63, 3.8) is 0 Å². The molecule has 0 rings (SSSR count). The van der Waals surface area contributed by atoms with Crippen molar-refractivity contribution < 1.29 is 47.8 Å². The van der Waals surface area contributed by atoms with Crippen molar-refractivity contribution in [1.82, 2.24) is 0 Å². The Morgan fingerprint density at radius 3 is 1.56 bits per heavy atom. The number of esters is 2. The maximum Gasteiger partial charge on any atom is 0.472 e. The van der Waals surface area contributed by atoms with E-state index in [2.05, 4.69) is 60.9 Å². The van der Waals surface area contributed by atoms with Gasteiger partial charge in [-0.3, -0.25) is 18.6 Å². The predicted molar refractivity (Wildman–Crippen MR) is 210 cm³/mol. The summed E-state index contributed by atoms with van der Waals surface area (Å²) in [5.41, 5.74) is 0. The molecule has 0 aliphatic rings. The Kier molecular flexibility index (Phi) is 35.8. The van der Waals surface area contributed by atoms with E-state index in [9.17, 15) is 24.2 Å². The van der Waals surface area contributed by atoms with Gasteiger partial charge in [0.1, 0.15) is 12.7 Å². The summed E-state index contributed by atoms with van der Waals surface area (Å²) in [4.78, 5) is 34.7. The predicted octanol–water partition coefficient (Wildman–Crippen LogP) is 10.2. The number of phosphoric acid groups is 1. The zero-order valence-corrected chi connectivity index (χ0v) is 33.4. The average Bonchev–Trinajstić information content (AvgIpc) is 3.13. The van der Waals surface area contributed by atoms with Gasteiger partial charge in [0.15, 0.2) is 6.10 Å². The molecule has 302 valence electrons. The smallest absolute Gasteiger partial charge is 0.462 e. The summed E-state index contributed by atoms with van der Waals surface area (Å²) < 4.78 is 32.4. The summed E-state index contributed by atoms with van der Waals surface area (Å²) >= 11 is 0. The van der Waals surface area contributed by atoms with Gasteiger partial charge in [-0.25, -0.2) is 4.57 Å². The van der Waals surface area contributed by atoms with Crippen molar-refractivity contribution in [2.75, 3.05) is 26.4 Å². The van der Waals surface area contributed by atoms with E-state index in [4.69, 9.17) is 19.1 Å². The van der Waals surface area contributed by atoms with Crippen molar-refractivity contribution in [2.45, 2.75) is 174 Å². The van der Waals surface area contributed by atoms with Gasteiger partial charge >= 0.3 is 19.8 Å². The fraction of sp³-hybridized carbons (Fsp3) is 0.756. The average molecular weight is 757 g/mol. The first-order chi connectivity index (χ1) is 25.2. The van der Waals surface area contributed by atoms with Crippen molar-refractivity contribution >= 4 is 19.8 Å². The number of aliphatic hydroxyl groups excluding tert-OH is 2. The van der Waals surface area contributed by atoms with Gasteiger partial charge in [-0.05, 0) is 51.4 Å². The number of unbranched alkanes of at least 4 members (excludes halogenated alkanes) is 15. The first kappa shape index (κ1) is 49.9. The van der Waals surface area contributed by atoms with Crippen LogP contribution in [0.5, 0.6) is 0 Å². The second-order valence-electron chi connectivity index (χ2n) is 13.3. The third-order valence-corrected chi connectivity index (χ3v) is 9.19. The van der Waals surface area contributed by atoms with Crippen LogP contribution in [-0.4, -0.2) is 65.7 Å². The summed E-state index contributed by atoms with van der Waals surface area (Å²) in [7, 11) is -4.62. The molecule has 3 N–H and O–H groups in total. The van der Waals surface area contributed by atoms with Crippen LogP contribution >= 0.6 is 7.82 Å². The Morgan fingerprint density at radius 1 is 0.577 bits per heavy atom. The minimum absolute atomic E-state index is 0.166. The molecule has 0 aromatic rings. The van der Waals surface area contributed by atoms with Gasteiger partial charge in [0.2, 0.25) is 0 Å². The Morgan fingerprint density at radius 2 is 1.02 bits per heavy atom. The van der Waals surface area contributed by atoms with Gasteiger partial charge < -0.3 is 24.6 Å². The topological polar surface area (TPSA) is 149 Å². The van der Waals surface area contributed by atoms with Crippen LogP contribution in [0.4, 0.5) is 0 Å². The molecular weight excluding hydrogens is 683 g/mol. The van der Waals surface area contributed by atoms with Gasteiger partial charge in [0, 0.05) is 12.8 Å². The lowest BCUT2D eigenvalue weighted by molar-refractivity contribution is -0.161. The second-order valence-corrected chi connectivity index (χ2v) is 14.8. The number of hydrogen-bond donors (Lipinski definition) is 3. The molecule has 0 heterocycles. The molecule has 0 aliphatic carbocycles. The lowest BCUT2D eigenvalue weighted by Gasteiger charge is -2.20. The van der Waals surface area contributed by atoms with Crippen LogP contribution < -0.4 is 0 Å². The summed E-state index contributed by atoms with van der Waals surface area (Å²) in [6.07, 6.45) is 38.3. The van der Waals surface area contributed by atoms with Gasteiger partial charge in [-0.15, -0.1) is 0 Å². The van der Waals surface area contributed by atoms with Gasteiger partial charge in [-0.2, -0.15) is 0 Å². The molecule has 3 atom stereocenters. The minimum Gasteiger partial charge on any atom is -0.462 e. The van der Waals surface area contributed by atoms with E-state index < -0.39 is 51.8 Å². The number of ether oxygens (including phenoxy) is 2. The Balaban J connectivity index is 4.33. The van der Waals surface area contributed by atoms with Gasteiger partial charge in [0.05, 0.1) is 19.8 Å². The number of carbonyl (C=O) groups is 2. The molecule has 0 aromatic heterocycles. The number of hydrogen-bond acceptors (Lipinski definition) is 9. The van der Waals surface area contributed by atoms with E-state index in [-0.39, 0.29) is 19.4 Å². The summed E-state index contributed by atoms with van der Waals surface area (Å²) in [6, 6.07) is 0. The third-order valence-electron chi connectivity index (χ3n) is 8.24. The lowest BCUT2D eigenvalue weighted by Crippen LogP contribution is -2.29. The monoisotopic (exact) mass is 756 g/mol. The highest BCUT2D eigenvalue weighted by molar-refractivity contribution is 7.47. The quantitative estimate of drug-likeness (QED) is 0.0242. The van der Waals surface area contributed by atoms with Crippen LogP contribution in [0, 0.1) is 0 Å². The van der Waals surface area contributed by atoms with E-state index in [1.807, 2.05) is 6.08 Å². The molecule has 0 saturated carbocycles. The first-order valence-electron chi connectivity index (χ1n) is 20.1. The van der Waals surface area contributed by atoms with Crippen LogP contribution in [0.2, 0.25) is 0 Å².